The Morgan fingerprint density at radius 2 is 1.14 bits per heavy atom. The third kappa shape index (κ3) is 501. The monoisotopic (exact) mass is 256 g/mol. The zero-order valence-corrected chi connectivity index (χ0v) is 5.42. The summed E-state index contributed by atoms with van der Waals surface area (Å²) in [4.78, 5) is 8.56. The minimum absolute atomic E-state index is 0. The van der Waals surface area contributed by atoms with Crippen LogP contribution < -0.4 is 0 Å². The first-order valence-electron chi connectivity index (χ1n) is 0.651. The molecule has 6 heteroatoms. The van der Waals surface area contributed by atoms with Gasteiger partial charge in [0.05, 0.1) is 0 Å². The van der Waals surface area contributed by atoms with Crippen molar-refractivity contribution in [1.82, 2.24) is 0 Å². The molecule has 0 heterocycles. The maximum Gasteiger partial charge on any atom is 0.503 e. The molecule has 0 aliphatic carbocycles. The molecule has 0 radical (unpaired) electrons. The maximum atomic E-state index is 8.56. The molecular weight excluding hydrogens is 249 g/mol. The Morgan fingerprint density at radius 1 is 1.14 bits per heavy atom. The Labute approximate surface area is 71.6 Å². The normalized spacial score (nSPS) is 3.43. The van der Waals surface area contributed by atoms with Gasteiger partial charge in [-0.1, -0.05) is 0 Å². The molecule has 48 valence electrons. The summed E-state index contributed by atoms with van der Waals surface area (Å²) in [6.07, 6.45) is -1.83. The molecule has 0 aliphatic heterocycles. The molecular formula is CH6GdO5. The number of hydrogen-bond acceptors (Lipinski definition) is 1. The quantitative estimate of drug-likeness (QED) is 0.552. The molecule has 0 saturated carbocycles. The van der Waals surface area contributed by atoms with Crippen molar-refractivity contribution in [3.05, 3.63) is 0 Å². The molecule has 0 amide bonds. The fourth-order valence-corrected chi connectivity index (χ4v) is 0. The molecule has 0 aromatic rings. The summed E-state index contributed by atoms with van der Waals surface area (Å²) in [6.45, 7) is 0. The van der Waals surface area contributed by atoms with E-state index in [1.54, 1.807) is 0 Å². The van der Waals surface area contributed by atoms with E-state index in [2.05, 4.69) is 0 Å². The van der Waals surface area contributed by atoms with Crippen molar-refractivity contribution in [2.45, 2.75) is 0 Å². The predicted molar refractivity (Wildman–Crippen MR) is 17.9 cm³/mol. The molecule has 0 spiro atoms. The van der Waals surface area contributed by atoms with Crippen molar-refractivity contribution in [1.29, 1.82) is 0 Å². The van der Waals surface area contributed by atoms with Crippen molar-refractivity contribution in [2.75, 3.05) is 0 Å². The second-order valence-corrected chi connectivity index (χ2v) is 0.283. The van der Waals surface area contributed by atoms with E-state index < -0.39 is 6.16 Å². The zero-order valence-electron chi connectivity index (χ0n) is 3.16. The van der Waals surface area contributed by atoms with Crippen molar-refractivity contribution in [3.8, 4) is 0 Å². The molecule has 5 nitrogen and oxygen atoms in total. The summed E-state index contributed by atoms with van der Waals surface area (Å²) in [5.41, 5.74) is 0. The smallest absolute Gasteiger partial charge is 0.450 e. The third-order valence-corrected chi connectivity index (χ3v) is 0. The van der Waals surface area contributed by atoms with Crippen LogP contribution in [0.15, 0.2) is 0 Å². The van der Waals surface area contributed by atoms with Gasteiger partial charge in [-0.3, -0.25) is 0 Å². The molecule has 0 atom stereocenters. The van der Waals surface area contributed by atoms with Crippen molar-refractivity contribution >= 4 is 6.16 Å². The average Bonchev–Trinajstić information content (AvgIpc) is 0.811. The minimum atomic E-state index is -1.83. The van der Waals surface area contributed by atoms with Crippen LogP contribution in [0.5, 0.6) is 0 Å². The van der Waals surface area contributed by atoms with Crippen molar-refractivity contribution < 1.29 is 65.9 Å². The Kier molecular flexibility index (Phi) is 59.2. The topological polar surface area (TPSA) is 121 Å². The Morgan fingerprint density at radius 3 is 1.14 bits per heavy atom. The molecule has 0 aromatic heterocycles. The van der Waals surface area contributed by atoms with Gasteiger partial charge in [0.1, 0.15) is 0 Å². The van der Waals surface area contributed by atoms with Gasteiger partial charge in [0.2, 0.25) is 0 Å². The van der Waals surface area contributed by atoms with Gasteiger partial charge in [0.15, 0.2) is 0 Å². The molecule has 6 N–H and O–H groups in total. The number of hydrogen-bond donors (Lipinski definition) is 2. The van der Waals surface area contributed by atoms with E-state index in [1.165, 1.54) is 0 Å². The van der Waals surface area contributed by atoms with E-state index in [-0.39, 0.29) is 50.9 Å². The summed E-state index contributed by atoms with van der Waals surface area (Å²) >= 11 is 0. The standard InChI is InChI=1S/CH2O3.Gd.2H2O/c2-1(3)4;;;/h(H2,2,3,4);;2*1H2. The zero-order chi connectivity index (χ0) is 3.58. The average molecular weight is 255 g/mol. The predicted octanol–water partition coefficient (Wildman–Crippen LogP) is -1.43. The fraction of sp³-hybridized carbons (Fsp3) is 0. The van der Waals surface area contributed by atoms with E-state index in [0.717, 1.165) is 0 Å². The van der Waals surface area contributed by atoms with Gasteiger partial charge in [-0.2, -0.15) is 0 Å². The molecule has 0 aromatic carbocycles. The first-order chi connectivity index (χ1) is 1.73. The Balaban J connectivity index is -0.0000000150. The van der Waals surface area contributed by atoms with Crippen molar-refractivity contribution in [2.24, 2.45) is 0 Å². The van der Waals surface area contributed by atoms with E-state index in [0.29, 0.717) is 0 Å². The second kappa shape index (κ2) is 16.0. The molecule has 0 rings (SSSR count). The molecule has 7 heavy (non-hydrogen) atoms. The summed E-state index contributed by atoms with van der Waals surface area (Å²) in [6, 6.07) is 0. The molecule has 0 fully saturated rings. The summed E-state index contributed by atoms with van der Waals surface area (Å²) < 4.78 is 0. The molecule has 0 unspecified atom stereocenters. The third-order valence-electron chi connectivity index (χ3n) is 0. The van der Waals surface area contributed by atoms with Crippen LogP contribution in [0.3, 0.4) is 0 Å². The summed E-state index contributed by atoms with van der Waals surface area (Å²) in [5, 5.41) is 13.9. The van der Waals surface area contributed by atoms with Gasteiger partial charge >= 0.3 is 6.16 Å². The van der Waals surface area contributed by atoms with Crippen LogP contribution in [0.2, 0.25) is 0 Å². The molecule has 0 aliphatic rings. The van der Waals surface area contributed by atoms with E-state index in [9.17, 15) is 0 Å². The van der Waals surface area contributed by atoms with E-state index in [4.69, 9.17) is 15.0 Å². The van der Waals surface area contributed by atoms with Gasteiger partial charge < -0.3 is 21.2 Å². The largest absolute Gasteiger partial charge is 0.503 e. The van der Waals surface area contributed by atoms with Crippen LogP contribution in [0, 0.1) is 39.9 Å². The van der Waals surface area contributed by atoms with Crippen LogP contribution in [0.4, 0.5) is 4.79 Å². The van der Waals surface area contributed by atoms with Gasteiger partial charge in [-0.25, -0.2) is 4.79 Å². The van der Waals surface area contributed by atoms with Gasteiger partial charge in [-0.05, 0) is 0 Å². The van der Waals surface area contributed by atoms with E-state index in [1.807, 2.05) is 0 Å². The van der Waals surface area contributed by atoms with E-state index >= 15 is 0 Å². The van der Waals surface area contributed by atoms with Gasteiger partial charge in [0.25, 0.3) is 0 Å². The van der Waals surface area contributed by atoms with Crippen LogP contribution in [0.1, 0.15) is 0 Å². The van der Waals surface area contributed by atoms with Gasteiger partial charge in [-0.15, -0.1) is 0 Å². The first kappa shape index (κ1) is 25.8. The molecule has 0 bridgehead atoms. The Hall–Kier alpha value is 0.515. The number of carboxylic acid groups (broad SMARTS) is 2. The molecule has 0 saturated heterocycles. The minimum Gasteiger partial charge on any atom is -0.450 e. The second-order valence-electron chi connectivity index (χ2n) is 0.283. The number of rotatable bonds is 0. The van der Waals surface area contributed by atoms with Gasteiger partial charge in [0, 0.05) is 39.9 Å². The summed E-state index contributed by atoms with van der Waals surface area (Å²) in [7, 11) is 0. The fourth-order valence-electron chi connectivity index (χ4n) is 0. The number of carbonyl (C=O) groups is 1. The Bertz CT molecular complexity index is 31.1. The van der Waals surface area contributed by atoms with Crippen LogP contribution in [-0.4, -0.2) is 27.3 Å². The van der Waals surface area contributed by atoms with Crippen LogP contribution >= 0.6 is 0 Å². The van der Waals surface area contributed by atoms with Crippen LogP contribution in [0.25, 0.3) is 0 Å². The summed E-state index contributed by atoms with van der Waals surface area (Å²) in [5.74, 6) is 0. The van der Waals surface area contributed by atoms with Crippen LogP contribution in [-0.2, 0) is 0 Å². The first-order valence-corrected chi connectivity index (χ1v) is 0.651. The van der Waals surface area contributed by atoms with Crippen molar-refractivity contribution in [3.63, 3.8) is 0 Å². The SMILES string of the molecule is O.O.O=C(O)O.[Gd]. The maximum absolute atomic E-state index is 8.56.